The first kappa shape index (κ1) is 20.9. The van der Waals surface area contributed by atoms with Crippen molar-refractivity contribution in [3.05, 3.63) is 76.1 Å². The van der Waals surface area contributed by atoms with Crippen LogP contribution in [0.2, 0.25) is 5.02 Å². The van der Waals surface area contributed by atoms with Gasteiger partial charge in [-0.3, -0.25) is 4.98 Å². The summed E-state index contributed by atoms with van der Waals surface area (Å²) in [6.07, 6.45) is -0.857. The highest BCUT2D eigenvalue weighted by Crippen LogP contribution is 2.30. The predicted octanol–water partition coefficient (Wildman–Crippen LogP) is 6.15. The van der Waals surface area contributed by atoms with Crippen LogP contribution in [-0.2, 0) is 19.0 Å². The van der Waals surface area contributed by atoms with Crippen LogP contribution in [0.25, 0.3) is 5.32 Å². The largest absolute Gasteiger partial charge is 0.464 e. The lowest BCUT2D eigenvalue weighted by atomic mass is 10.1. The SMILES string of the molecule is CCc1ncnc([N-]CCc2ccc(Oc3ccc(C(F)(F)F)cn3)cc2)c1Cl. The van der Waals surface area contributed by atoms with E-state index in [0.29, 0.717) is 36.0 Å². The van der Waals surface area contributed by atoms with E-state index in [1.54, 1.807) is 12.1 Å². The summed E-state index contributed by atoms with van der Waals surface area (Å²) in [6.45, 7) is 2.46. The van der Waals surface area contributed by atoms with Crippen LogP contribution in [0.5, 0.6) is 11.6 Å². The Kier molecular flexibility index (Phi) is 6.53. The summed E-state index contributed by atoms with van der Waals surface area (Å²) in [7, 11) is 0. The zero-order chi connectivity index (χ0) is 20.9. The first-order chi connectivity index (χ1) is 13.9. The fourth-order valence-corrected chi connectivity index (χ4v) is 2.79. The Morgan fingerprint density at radius 2 is 1.79 bits per heavy atom. The van der Waals surface area contributed by atoms with Gasteiger partial charge in [0.2, 0.25) is 5.88 Å². The zero-order valence-corrected chi connectivity index (χ0v) is 16.2. The number of benzene rings is 1. The molecule has 0 spiro atoms. The molecule has 0 radical (unpaired) electrons. The van der Waals surface area contributed by atoms with E-state index >= 15 is 0 Å². The summed E-state index contributed by atoms with van der Waals surface area (Å²) in [4.78, 5) is 11.9. The molecular formula is C20H17ClF3N4O-. The molecule has 0 aliphatic rings. The van der Waals surface area contributed by atoms with Crippen LogP contribution in [0.1, 0.15) is 23.7 Å². The average Bonchev–Trinajstić information content (AvgIpc) is 2.70. The van der Waals surface area contributed by atoms with Gasteiger partial charge >= 0.3 is 6.18 Å². The molecule has 5 nitrogen and oxygen atoms in total. The van der Waals surface area contributed by atoms with Crippen LogP contribution in [0, 0.1) is 0 Å². The van der Waals surface area contributed by atoms with Gasteiger partial charge in [0.15, 0.2) is 0 Å². The molecule has 3 rings (SSSR count). The Bertz CT molecular complexity index is 947. The van der Waals surface area contributed by atoms with Gasteiger partial charge in [0.25, 0.3) is 0 Å². The Morgan fingerprint density at radius 1 is 1.03 bits per heavy atom. The molecule has 1 aromatic carbocycles. The van der Waals surface area contributed by atoms with Crippen molar-refractivity contribution in [1.29, 1.82) is 0 Å². The number of pyridine rings is 1. The van der Waals surface area contributed by atoms with Gasteiger partial charge in [-0.05, 0) is 49.0 Å². The maximum absolute atomic E-state index is 12.6. The normalized spacial score (nSPS) is 11.3. The quantitative estimate of drug-likeness (QED) is 0.459. The zero-order valence-electron chi connectivity index (χ0n) is 15.4. The van der Waals surface area contributed by atoms with E-state index in [2.05, 4.69) is 20.3 Å². The second-order valence-electron chi connectivity index (χ2n) is 6.07. The Balaban J connectivity index is 1.54. The third-order valence-electron chi connectivity index (χ3n) is 4.05. The molecule has 29 heavy (non-hydrogen) atoms. The number of aryl methyl sites for hydroxylation is 1. The molecule has 0 amide bonds. The van der Waals surface area contributed by atoms with E-state index in [-0.39, 0.29) is 5.88 Å². The fourth-order valence-electron chi connectivity index (χ4n) is 2.50. The van der Waals surface area contributed by atoms with Gasteiger partial charge < -0.3 is 15.0 Å². The van der Waals surface area contributed by atoms with Crippen LogP contribution < -0.4 is 4.74 Å². The first-order valence-corrected chi connectivity index (χ1v) is 9.21. The van der Waals surface area contributed by atoms with E-state index in [1.807, 2.05) is 19.1 Å². The summed E-state index contributed by atoms with van der Waals surface area (Å²) in [5, 5.41) is 4.89. The van der Waals surface area contributed by atoms with Gasteiger partial charge in [-0.2, -0.15) is 13.2 Å². The predicted molar refractivity (Wildman–Crippen MR) is 104 cm³/mol. The smallest absolute Gasteiger partial charge is 0.417 e. The molecule has 0 saturated carbocycles. The number of alkyl halides is 3. The van der Waals surface area contributed by atoms with Crippen LogP contribution in [0.15, 0.2) is 48.9 Å². The van der Waals surface area contributed by atoms with Gasteiger partial charge in [-0.25, -0.2) is 4.98 Å². The molecule has 0 saturated heterocycles. The molecule has 0 fully saturated rings. The summed E-state index contributed by atoms with van der Waals surface area (Å²) >= 11 is 6.22. The number of halogens is 4. The molecule has 0 aliphatic carbocycles. The molecular weight excluding hydrogens is 405 g/mol. The van der Waals surface area contributed by atoms with Crippen molar-refractivity contribution in [2.75, 3.05) is 6.54 Å². The van der Waals surface area contributed by atoms with Gasteiger partial charge in [0.1, 0.15) is 5.75 Å². The number of hydrogen-bond donors (Lipinski definition) is 0. The van der Waals surface area contributed by atoms with Crippen molar-refractivity contribution >= 4 is 17.4 Å². The second-order valence-corrected chi connectivity index (χ2v) is 6.45. The maximum atomic E-state index is 12.6. The monoisotopic (exact) mass is 421 g/mol. The van der Waals surface area contributed by atoms with Crippen molar-refractivity contribution < 1.29 is 17.9 Å². The second kappa shape index (κ2) is 9.09. The van der Waals surface area contributed by atoms with Gasteiger partial charge in [-0.15, -0.1) is 0 Å². The lowest BCUT2D eigenvalue weighted by Gasteiger charge is -2.17. The van der Waals surface area contributed by atoms with Crippen LogP contribution >= 0.6 is 11.6 Å². The van der Waals surface area contributed by atoms with Crippen molar-refractivity contribution in [3.63, 3.8) is 0 Å². The van der Waals surface area contributed by atoms with Crippen LogP contribution in [0.4, 0.5) is 19.0 Å². The lowest BCUT2D eigenvalue weighted by molar-refractivity contribution is -0.137. The summed E-state index contributed by atoms with van der Waals surface area (Å²) < 4.78 is 43.2. The lowest BCUT2D eigenvalue weighted by Crippen LogP contribution is -2.05. The van der Waals surface area contributed by atoms with Gasteiger partial charge in [0.05, 0.1) is 16.3 Å². The number of nitrogens with zero attached hydrogens (tertiary/aromatic N) is 4. The van der Waals surface area contributed by atoms with E-state index in [1.165, 1.54) is 12.4 Å². The van der Waals surface area contributed by atoms with E-state index < -0.39 is 11.7 Å². The third-order valence-corrected chi connectivity index (χ3v) is 4.44. The molecule has 152 valence electrons. The minimum absolute atomic E-state index is 0.0888. The van der Waals surface area contributed by atoms with Crippen molar-refractivity contribution in [2.45, 2.75) is 25.9 Å². The highest BCUT2D eigenvalue weighted by molar-refractivity contribution is 6.33. The van der Waals surface area contributed by atoms with E-state index in [9.17, 15) is 13.2 Å². The molecule has 0 atom stereocenters. The number of hydrogen-bond acceptors (Lipinski definition) is 4. The molecule has 3 aromatic rings. The molecule has 0 aliphatic heterocycles. The Labute approximate surface area is 170 Å². The highest BCUT2D eigenvalue weighted by atomic mass is 35.5. The minimum Gasteiger partial charge on any atom is -0.464 e. The third kappa shape index (κ3) is 5.57. The Hall–Kier alpha value is -2.87. The topological polar surface area (TPSA) is 62.0 Å². The maximum Gasteiger partial charge on any atom is 0.417 e. The molecule has 9 heteroatoms. The van der Waals surface area contributed by atoms with Crippen LogP contribution in [-0.4, -0.2) is 21.5 Å². The minimum atomic E-state index is -4.42. The van der Waals surface area contributed by atoms with E-state index in [4.69, 9.17) is 16.3 Å². The number of rotatable bonds is 7. The van der Waals surface area contributed by atoms with E-state index in [0.717, 1.165) is 23.5 Å². The van der Waals surface area contributed by atoms with Crippen molar-refractivity contribution in [2.24, 2.45) is 0 Å². The van der Waals surface area contributed by atoms with Gasteiger partial charge in [0, 0.05) is 18.6 Å². The Morgan fingerprint density at radius 3 is 2.41 bits per heavy atom. The summed E-state index contributed by atoms with van der Waals surface area (Å²) in [5.41, 5.74) is 0.958. The molecule has 0 bridgehead atoms. The average molecular weight is 422 g/mol. The standard InChI is InChI=1S/C20H17ClF3N4O/c1-2-16-18(21)19(28-12-27-16)25-10-9-13-3-6-15(7-4-13)29-17-8-5-14(11-26-17)20(22,23)24/h3-8,11-12H,2,9-10H2,1H3/q-1. The summed E-state index contributed by atoms with van der Waals surface area (Å²) in [6, 6.07) is 9.27. The molecule has 2 aromatic heterocycles. The number of aromatic nitrogens is 3. The van der Waals surface area contributed by atoms with Crippen molar-refractivity contribution in [3.8, 4) is 11.6 Å². The highest BCUT2D eigenvalue weighted by Gasteiger charge is 2.30. The van der Waals surface area contributed by atoms with Crippen molar-refractivity contribution in [1.82, 2.24) is 15.0 Å². The number of ether oxygens (including phenoxy) is 1. The van der Waals surface area contributed by atoms with Gasteiger partial charge in [-0.1, -0.05) is 30.7 Å². The molecule has 2 heterocycles. The molecule has 0 N–H and O–H groups in total. The molecule has 0 unspecified atom stereocenters. The summed E-state index contributed by atoms with van der Waals surface area (Å²) in [5.74, 6) is 1.04. The first-order valence-electron chi connectivity index (χ1n) is 8.83. The fraction of sp³-hybridized carbons (Fsp3) is 0.250. The van der Waals surface area contributed by atoms with Crippen LogP contribution in [0.3, 0.4) is 0 Å².